The number of nitrogens with one attached hydrogen (secondary N) is 1. The van der Waals surface area contributed by atoms with Gasteiger partial charge in [-0.2, -0.15) is 5.10 Å². The third-order valence-corrected chi connectivity index (χ3v) is 5.21. The Morgan fingerprint density at radius 2 is 1.78 bits per heavy atom. The number of hydrogen-bond acceptors (Lipinski definition) is 4. The third kappa shape index (κ3) is 4.60. The summed E-state index contributed by atoms with van der Waals surface area (Å²) in [6.07, 6.45) is 0. The van der Waals surface area contributed by atoms with Gasteiger partial charge in [0, 0.05) is 23.2 Å². The lowest BCUT2D eigenvalue weighted by Gasteiger charge is -2.09. The van der Waals surface area contributed by atoms with E-state index in [0.717, 1.165) is 11.1 Å². The van der Waals surface area contributed by atoms with Crippen molar-refractivity contribution in [2.75, 3.05) is 14.2 Å². The lowest BCUT2D eigenvalue weighted by molar-refractivity contribution is 0.0943. The van der Waals surface area contributed by atoms with Crippen LogP contribution in [0.4, 0.5) is 0 Å². The van der Waals surface area contributed by atoms with Gasteiger partial charge in [-0.05, 0) is 42.0 Å². The van der Waals surface area contributed by atoms with Crippen LogP contribution in [0.3, 0.4) is 0 Å². The molecular weight excluding hydrogens is 426 g/mol. The van der Waals surface area contributed by atoms with Crippen LogP contribution in [0.25, 0.3) is 16.9 Å². The molecule has 32 heavy (non-hydrogen) atoms. The number of aromatic nitrogens is 2. The molecule has 4 rings (SSSR count). The van der Waals surface area contributed by atoms with Crippen LogP contribution in [-0.4, -0.2) is 29.9 Å². The number of methoxy groups -OCH3 is 2. The molecule has 0 radical (unpaired) electrons. The molecule has 0 aliphatic rings. The average molecular weight is 448 g/mol. The zero-order valence-electron chi connectivity index (χ0n) is 17.7. The summed E-state index contributed by atoms with van der Waals surface area (Å²) in [6, 6.07) is 24.1. The van der Waals surface area contributed by atoms with Gasteiger partial charge in [-0.1, -0.05) is 48.0 Å². The number of amides is 1. The maximum absolute atomic E-state index is 13.1. The smallest absolute Gasteiger partial charge is 0.270 e. The standard InChI is InChI=1S/C25H22ClN3O3/c1-31-20-11-12-21(24(14-20)32-2)22-15-23(25(30)27-16-17-7-4-3-5-8-17)29(28-22)19-10-6-9-18(26)13-19/h3-15H,16H2,1-2H3,(H,27,30). The Balaban J connectivity index is 1.75. The Kier molecular flexibility index (Phi) is 6.42. The molecule has 7 heteroatoms. The van der Waals surface area contributed by atoms with Gasteiger partial charge in [-0.15, -0.1) is 0 Å². The van der Waals surface area contributed by atoms with Crippen molar-refractivity contribution in [1.82, 2.24) is 15.1 Å². The molecule has 1 amide bonds. The minimum absolute atomic E-state index is 0.250. The molecule has 0 spiro atoms. The molecule has 6 nitrogen and oxygen atoms in total. The minimum Gasteiger partial charge on any atom is -0.497 e. The summed E-state index contributed by atoms with van der Waals surface area (Å²) in [5, 5.41) is 8.23. The second-order valence-electron chi connectivity index (χ2n) is 7.04. The SMILES string of the molecule is COc1ccc(-c2cc(C(=O)NCc3ccccc3)n(-c3cccc(Cl)c3)n2)c(OC)c1. The van der Waals surface area contributed by atoms with E-state index in [1.807, 2.05) is 54.6 Å². The van der Waals surface area contributed by atoms with Crippen molar-refractivity contribution in [3.8, 4) is 28.4 Å². The van der Waals surface area contributed by atoms with Crippen LogP contribution in [-0.2, 0) is 6.54 Å². The number of nitrogens with zero attached hydrogens (tertiary/aromatic N) is 2. The maximum Gasteiger partial charge on any atom is 0.270 e. The molecule has 0 atom stereocenters. The Bertz CT molecular complexity index is 1240. The largest absolute Gasteiger partial charge is 0.497 e. The first kappa shape index (κ1) is 21.5. The van der Waals surface area contributed by atoms with Gasteiger partial charge in [0.05, 0.1) is 25.6 Å². The monoisotopic (exact) mass is 447 g/mol. The van der Waals surface area contributed by atoms with Gasteiger partial charge in [0.25, 0.3) is 5.91 Å². The Hall–Kier alpha value is -3.77. The molecule has 3 aromatic carbocycles. The van der Waals surface area contributed by atoms with Gasteiger partial charge in [0.2, 0.25) is 0 Å². The van der Waals surface area contributed by atoms with Crippen molar-refractivity contribution in [3.63, 3.8) is 0 Å². The summed E-state index contributed by atoms with van der Waals surface area (Å²) in [7, 11) is 3.18. The predicted octanol–water partition coefficient (Wildman–Crippen LogP) is 5.14. The predicted molar refractivity (Wildman–Crippen MR) is 125 cm³/mol. The molecule has 0 aliphatic carbocycles. The summed E-state index contributed by atoms with van der Waals surface area (Å²) < 4.78 is 12.4. The van der Waals surface area contributed by atoms with E-state index in [4.69, 9.17) is 26.2 Å². The van der Waals surface area contributed by atoms with Gasteiger partial charge in [0.15, 0.2) is 0 Å². The fourth-order valence-electron chi connectivity index (χ4n) is 3.36. The Labute approximate surface area is 191 Å². The molecule has 1 aromatic heterocycles. The quantitative estimate of drug-likeness (QED) is 0.426. The van der Waals surface area contributed by atoms with E-state index < -0.39 is 0 Å². The van der Waals surface area contributed by atoms with E-state index in [9.17, 15) is 4.79 Å². The summed E-state index contributed by atoms with van der Waals surface area (Å²) in [6.45, 7) is 0.404. The van der Waals surface area contributed by atoms with Crippen molar-refractivity contribution in [3.05, 3.63) is 95.1 Å². The molecule has 1 heterocycles. The molecule has 4 aromatic rings. The third-order valence-electron chi connectivity index (χ3n) is 4.98. The van der Waals surface area contributed by atoms with Gasteiger partial charge >= 0.3 is 0 Å². The second kappa shape index (κ2) is 9.58. The second-order valence-corrected chi connectivity index (χ2v) is 7.48. The van der Waals surface area contributed by atoms with Crippen LogP contribution in [0, 0.1) is 0 Å². The normalized spacial score (nSPS) is 10.6. The number of hydrogen-bond donors (Lipinski definition) is 1. The first-order chi connectivity index (χ1) is 15.6. The van der Waals surface area contributed by atoms with Crippen LogP contribution in [0.15, 0.2) is 78.9 Å². The van der Waals surface area contributed by atoms with Gasteiger partial charge in [0.1, 0.15) is 17.2 Å². The number of carbonyl (C=O) groups is 1. The first-order valence-corrected chi connectivity index (χ1v) is 10.4. The summed E-state index contributed by atoms with van der Waals surface area (Å²) >= 11 is 6.20. The molecular formula is C25H22ClN3O3. The van der Waals surface area contributed by atoms with E-state index in [2.05, 4.69) is 5.32 Å². The molecule has 0 unspecified atom stereocenters. The van der Waals surface area contributed by atoms with Gasteiger partial charge in [-0.25, -0.2) is 4.68 Å². The number of ether oxygens (including phenoxy) is 2. The van der Waals surface area contributed by atoms with Crippen molar-refractivity contribution in [2.45, 2.75) is 6.54 Å². The summed E-state index contributed by atoms with van der Waals surface area (Å²) in [4.78, 5) is 13.1. The van der Waals surface area contributed by atoms with E-state index in [1.165, 1.54) is 0 Å². The average Bonchev–Trinajstić information content (AvgIpc) is 3.28. The van der Waals surface area contributed by atoms with E-state index in [1.54, 1.807) is 43.2 Å². The topological polar surface area (TPSA) is 65.4 Å². The highest BCUT2D eigenvalue weighted by Gasteiger charge is 2.20. The van der Waals surface area contributed by atoms with Gasteiger partial charge < -0.3 is 14.8 Å². The van der Waals surface area contributed by atoms with Crippen molar-refractivity contribution in [1.29, 1.82) is 0 Å². The Morgan fingerprint density at radius 3 is 2.50 bits per heavy atom. The maximum atomic E-state index is 13.1. The Morgan fingerprint density at radius 1 is 0.969 bits per heavy atom. The zero-order valence-corrected chi connectivity index (χ0v) is 18.5. The molecule has 162 valence electrons. The molecule has 0 saturated heterocycles. The molecule has 0 saturated carbocycles. The molecule has 0 fully saturated rings. The van der Waals surface area contributed by atoms with Crippen LogP contribution in [0.5, 0.6) is 11.5 Å². The first-order valence-electron chi connectivity index (χ1n) is 9.99. The van der Waals surface area contributed by atoms with E-state index in [0.29, 0.717) is 40.1 Å². The van der Waals surface area contributed by atoms with Crippen molar-refractivity contribution < 1.29 is 14.3 Å². The zero-order chi connectivity index (χ0) is 22.5. The number of halogens is 1. The summed E-state index contributed by atoms with van der Waals surface area (Å²) in [5.41, 5.74) is 3.41. The fraction of sp³-hybridized carbons (Fsp3) is 0.120. The van der Waals surface area contributed by atoms with Crippen LogP contribution >= 0.6 is 11.6 Å². The van der Waals surface area contributed by atoms with Crippen molar-refractivity contribution >= 4 is 17.5 Å². The lowest BCUT2D eigenvalue weighted by atomic mass is 10.1. The lowest BCUT2D eigenvalue weighted by Crippen LogP contribution is -2.25. The van der Waals surface area contributed by atoms with E-state index in [-0.39, 0.29) is 5.91 Å². The molecule has 0 aliphatic heterocycles. The van der Waals surface area contributed by atoms with E-state index >= 15 is 0 Å². The number of carbonyl (C=O) groups excluding carboxylic acids is 1. The number of rotatable bonds is 7. The highest BCUT2D eigenvalue weighted by atomic mass is 35.5. The highest BCUT2D eigenvalue weighted by Crippen LogP contribution is 2.33. The van der Waals surface area contributed by atoms with Crippen LogP contribution in [0.1, 0.15) is 16.1 Å². The van der Waals surface area contributed by atoms with Crippen molar-refractivity contribution in [2.24, 2.45) is 0 Å². The van der Waals surface area contributed by atoms with Gasteiger partial charge in [-0.3, -0.25) is 4.79 Å². The fourth-order valence-corrected chi connectivity index (χ4v) is 3.54. The molecule has 1 N–H and O–H groups in total. The summed E-state index contributed by atoms with van der Waals surface area (Å²) in [5.74, 6) is 1.01. The van der Waals surface area contributed by atoms with Crippen LogP contribution in [0.2, 0.25) is 5.02 Å². The highest BCUT2D eigenvalue weighted by molar-refractivity contribution is 6.30. The molecule has 0 bridgehead atoms. The minimum atomic E-state index is -0.250. The number of benzene rings is 3. The van der Waals surface area contributed by atoms with Crippen LogP contribution < -0.4 is 14.8 Å².